The Kier molecular flexibility index (Phi) is 8.44. The molecule has 0 radical (unpaired) electrons. The molecular formula is C25H34N2O2. The molecule has 1 atom stereocenters. The van der Waals surface area contributed by atoms with E-state index in [1.54, 1.807) is 4.90 Å². The van der Waals surface area contributed by atoms with E-state index in [4.69, 9.17) is 0 Å². The van der Waals surface area contributed by atoms with E-state index in [0.717, 1.165) is 22.3 Å². The van der Waals surface area contributed by atoms with Gasteiger partial charge < -0.3 is 10.2 Å². The van der Waals surface area contributed by atoms with Crippen molar-refractivity contribution in [3.8, 4) is 0 Å². The summed E-state index contributed by atoms with van der Waals surface area (Å²) >= 11 is 0. The number of carbonyl (C=O) groups is 2. The molecule has 0 bridgehead atoms. The van der Waals surface area contributed by atoms with Crippen LogP contribution in [-0.2, 0) is 22.6 Å². The standard InChI is InChI=1S/C25H34N2O2/c1-6-23(25(29)26-16-18(2)3)27(17-22-10-8-7-9-20(22)5)24(28)15-21-13-11-19(4)12-14-21/h7-14,18,23H,6,15-17H2,1-5H3,(H,26,29)/t23-/m0/s1. The molecule has 29 heavy (non-hydrogen) atoms. The van der Waals surface area contributed by atoms with E-state index in [9.17, 15) is 9.59 Å². The van der Waals surface area contributed by atoms with Crippen molar-refractivity contribution >= 4 is 11.8 Å². The number of amides is 2. The molecule has 2 rings (SSSR count). The predicted octanol–water partition coefficient (Wildman–Crippen LogP) is 4.43. The molecule has 0 spiro atoms. The normalized spacial score (nSPS) is 11.9. The van der Waals surface area contributed by atoms with Gasteiger partial charge in [-0.15, -0.1) is 0 Å². The van der Waals surface area contributed by atoms with Gasteiger partial charge in [0.05, 0.1) is 6.42 Å². The van der Waals surface area contributed by atoms with Crippen LogP contribution in [0.25, 0.3) is 0 Å². The molecule has 2 aromatic rings. The number of carbonyl (C=O) groups excluding carboxylic acids is 2. The smallest absolute Gasteiger partial charge is 0.242 e. The molecule has 0 aromatic heterocycles. The zero-order valence-electron chi connectivity index (χ0n) is 18.4. The molecule has 156 valence electrons. The summed E-state index contributed by atoms with van der Waals surface area (Å²) in [4.78, 5) is 27.9. The quantitative estimate of drug-likeness (QED) is 0.684. The number of hydrogen-bond acceptors (Lipinski definition) is 2. The van der Waals surface area contributed by atoms with Gasteiger partial charge >= 0.3 is 0 Å². The van der Waals surface area contributed by atoms with Gasteiger partial charge in [-0.05, 0) is 42.9 Å². The lowest BCUT2D eigenvalue weighted by Crippen LogP contribution is -2.50. The Hall–Kier alpha value is -2.62. The van der Waals surface area contributed by atoms with E-state index in [1.165, 1.54) is 0 Å². The number of nitrogens with zero attached hydrogens (tertiary/aromatic N) is 1. The lowest BCUT2D eigenvalue weighted by Gasteiger charge is -2.31. The van der Waals surface area contributed by atoms with Crippen LogP contribution in [0.4, 0.5) is 0 Å². The third kappa shape index (κ3) is 6.74. The number of nitrogens with one attached hydrogen (secondary N) is 1. The van der Waals surface area contributed by atoms with Crippen LogP contribution in [-0.4, -0.2) is 29.3 Å². The summed E-state index contributed by atoms with van der Waals surface area (Å²) in [5.41, 5.74) is 4.32. The maximum Gasteiger partial charge on any atom is 0.242 e. The Morgan fingerprint density at radius 3 is 2.24 bits per heavy atom. The molecule has 0 aliphatic carbocycles. The monoisotopic (exact) mass is 394 g/mol. The van der Waals surface area contributed by atoms with Gasteiger partial charge in [-0.2, -0.15) is 0 Å². The minimum Gasteiger partial charge on any atom is -0.354 e. The van der Waals surface area contributed by atoms with Crippen molar-refractivity contribution in [1.29, 1.82) is 0 Å². The van der Waals surface area contributed by atoms with Gasteiger partial charge in [0.2, 0.25) is 11.8 Å². The van der Waals surface area contributed by atoms with E-state index in [0.29, 0.717) is 31.8 Å². The van der Waals surface area contributed by atoms with Crippen molar-refractivity contribution in [1.82, 2.24) is 10.2 Å². The molecule has 2 amide bonds. The number of hydrogen-bond donors (Lipinski definition) is 1. The van der Waals surface area contributed by atoms with Crippen molar-refractivity contribution in [2.75, 3.05) is 6.54 Å². The molecule has 2 aromatic carbocycles. The van der Waals surface area contributed by atoms with Crippen LogP contribution < -0.4 is 5.32 Å². The van der Waals surface area contributed by atoms with Gasteiger partial charge in [0, 0.05) is 13.1 Å². The lowest BCUT2D eigenvalue weighted by molar-refractivity contribution is -0.141. The third-order valence-electron chi connectivity index (χ3n) is 5.15. The minimum absolute atomic E-state index is 0.0244. The molecule has 0 unspecified atom stereocenters. The summed E-state index contributed by atoms with van der Waals surface area (Å²) in [5, 5.41) is 3.01. The molecule has 1 N–H and O–H groups in total. The minimum atomic E-state index is -0.480. The summed E-state index contributed by atoms with van der Waals surface area (Å²) < 4.78 is 0. The summed E-state index contributed by atoms with van der Waals surface area (Å²) in [6.07, 6.45) is 0.871. The highest BCUT2D eigenvalue weighted by Crippen LogP contribution is 2.17. The highest BCUT2D eigenvalue weighted by molar-refractivity contribution is 5.88. The number of benzene rings is 2. The molecule has 4 heteroatoms. The van der Waals surface area contributed by atoms with E-state index in [-0.39, 0.29) is 11.8 Å². The average molecular weight is 395 g/mol. The summed E-state index contributed by atoms with van der Waals surface area (Å²) in [7, 11) is 0. The SMILES string of the molecule is CC[C@@H](C(=O)NCC(C)C)N(Cc1ccccc1C)C(=O)Cc1ccc(C)cc1. The van der Waals surface area contributed by atoms with Crippen LogP contribution in [0.15, 0.2) is 48.5 Å². The largest absolute Gasteiger partial charge is 0.354 e. The van der Waals surface area contributed by atoms with Gasteiger partial charge in [0.15, 0.2) is 0 Å². The predicted molar refractivity (Wildman–Crippen MR) is 119 cm³/mol. The zero-order valence-corrected chi connectivity index (χ0v) is 18.4. The Labute approximate surface area is 175 Å². The van der Waals surface area contributed by atoms with Gasteiger partial charge in [-0.25, -0.2) is 0 Å². The fourth-order valence-corrected chi connectivity index (χ4v) is 3.30. The second kappa shape index (κ2) is 10.8. The van der Waals surface area contributed by atoms with Crippen molar-refractivity contribution in [3.63, 3.8) is 0 Å². The second-order valence-corrected chi connectivity index (χ2v) is 8.17. The van der Waals surface area contributed by atoms with Crippen LogP contribution in [0.2, 0.25) is 0 Å². The number of rotatable bonds is 9. The van der Waals surface area contributed by atoms with Crippen LogP contribution in [0.3, 0.4) is 0 Å². The second-order valence-electron chi connectivity index (χ2n) is 8.17. The first-order valence-electron chi connectivity index (χ1n) is 10.5. The summed E-state index contributed by atoms with van der Waals surface area (Å²) in [6.45, 7) is 11.2. The van der Waals surface area contributed by atoms with Gasteiger partial charge in [-0.3, -0.25) is 9.59 Å². The summed E-state index contributed by atoms with van der Waals surface area (Å²) in [5.74, 6) is 0.264. The van der Waals surface area contributed by atoms with Crippen LogP contribution in [0.5, 0.6) is 0 Å². The molecule has 0 aliphatic rings. The van der Waals surface area contributed by atoms with Crippen LogP contribution >= 0.6 is 0 Å². The van der Waals surface area contributed by atoms with E-state index >= 15 is 0 Å². The fourth-order valence-electron chi connectivity index (χ4n) is 3.30. The molecule has 0 heterocycles. The zero-order chi connectivity index (χ0) is 21.4. The first-order valence-corrected chi connectivity index (χ1v) is 10.5. The topological polar surface area (TPSA) is 49.4 Å². The van der Waals surface area contributed by atoms with E-state index < -0.39 is 6.04 Å². The Balaban J connectivity index is 2.27. The highest BCUT2D eigenvalue weighted by atomic mass is 16.2. The maximum absolute atomic E-state index is 13.3. The summed E-state index contributed by atoms with van der Waals surface area (Å²) in [6, 6.07) is 15.6. The lowest BCUT2D eigenvalue weighted by atomic mass is 10.0. The van der Waals surface area contributed by atoms with Crippen LogP contribution in [0, 0.1) is 19.8 Å². The third-order valence-corrected chi connectivity index (χ3v) is 5.15. The van der Waals surface area contributed by atoms with Crippen LogP contribution in [0.1, 0.15) is 49.4 Å². The molecule has 0 saturated heterocycles. The molecule has 4 nitrogen and oxygen atoms in total. The Morgan fingerprint density at radius 1 is 1.00 bits per heavy atom. The van der Waals surface area contributed by atoms with Crippen molar-refractivity contribution in [2.45, 2.75) is 60.0 Å². The van der Waals surface area contributed by atoms with E-state index in [1.807, 2.05) is 69.3 Å². The molecular weight excluding hydrogens is 360 g/mol. The van der Waals surface area contributed by atoms with Crippen molar-refractivity contribution in [2.24, 2.45) is 5.92 Å². The van der Waals surface area contributed by atoms with Crippen molar-refractivity contribution < 1.29 is 9.59 Å². The first-order chi connectivity index (χ1) is 13.8. The van der Waals surface area contributed by atoms with Gasteiger partial charge in [0.25, 0.3) is 0 Å². The van der Waals surface area contributed by atoms with E-state index in [2.05, 4.69) is 19.2 Å². The Morgan fingerprint density at radius 2 is 1.66 bits per heavy atom. The maximum atomic E-state index is 13.3. The first kappa shape index (κ1) is 22.7. The van der Waals surface area contributed by atoms with Gasteiger partial charge in [-0.1, -0.05) is 74.9 Å². The molecule has 0 fully saturated rings. The molecule has 0 saturated carbocycles. The fraction of sp³-hybridized carbons (Fsp3) is 0.440. The van der Waals surface area contributed by atoms with Gasteiger partial charge in [0.1, 0.15) is 6.04 Å². The number of aryl methyl sites for hydroxylation is 2. The average Bonchev–Trinajstić information content (AvgIpc) is 2.69. The van der Waals surface area contributed by atoms with Crippen molar-refractivity contribution in [3.05, 3.63) is 70.8 Å². The molecule has 0 aliphatic heterocycles. The Bertz CT molecular complexity index is 812. The highest BCUT2D eigenvalue weighted by Gasteiger charge is 2.28.